The molecule has 212 valence electrons. The van der Waals surface area contributed by atoms with Gasteiger partial charge in [0.1, 0.15) is 11.6 Å². The fraction of sp³-hybridized carbons (Fsp3) is 0.207. The van der Waals surface area contributed by atoms with Crippen LogP contribution in [0.1, 0.15) is 37.4 Å². The van der Waals surface area contributed by atoms with Crippen molar-refractivity contribution in [2.45, 2.75) is 30.3 Å². The third-order valence-corrected chi connectivity index (χ3v) is 8.93. The molecule has 0 radical (unpaired) electrons. The van der Waals surface area contributed by atoms with Gasteiger partial charge in [0.15, 0.2) is 9.84 Å². The quantitative estimate of drug-likeness (QED) is 0.306. The molecule has 9 nitrogen and oxygen atoms in total. The molecule has 0 unspecified atom stereocenters. The van der Waals surface area contributed by atoms with Gasteiger partial charge in [-0.1, -0.05) is 47.5 Å². The number of rotatable bonds is 7. The maximum atomic E-state index is 13.3. The minimum Gasteiger partial charge on any atom is -0.480 e. The number of nitrogens with one attached hydrogen (secondary N) is 1. The van der Waals surface area contributed by atoms with Crippen LogP contribution in [0.3, 0.4) is 0 Å². The second-order valence-electron chi connectivity index (χ2n) is 9.78. The molecule has 1 aliphatic heterocycles. The van der Waals surface area contributed by atoms with Crippen molar-refractivity contribution in [2.75, 3.05) is 12.8 Å². The second kappa shape index (κ2) is 11.2. The van der Waals surface area contributed by atoms with Crippen molar-refractivity contribution in [2.24, 2.45) is 0 Å². The number of carboxylic acid groups (broad SMARTS) is 1. The Morgan fingerprint density at radius 2 is 1.85 bits per heavy atom. The van der Waals surface area contributed by atoms with Crippen LogP contribution >= 0.6 is 23.2 Å². The van der Waals surface area contributed by atoms with Gasteiger partial charge in [0.25, 0.3) is 11.8 Å². The van der Waals surface area contributed by atoms with Gasteiger partial charge in [-0.15, -0.1) is 0 Å². The number of halogens is 2. The molecule has 0 saturated heterocycles. The Labute approximate surface area is 245 Å². The molecule has 2 heterocycles. The van der Waals surface area contributed by atoms with Crippen LogP contribution in [0.15, 0.2) is 70.2 Å². The summed E-state index contributed by atoms with van der Waals surface area (Å²) in [7, 11) is -3.63. The van der Waals surface area contributed by atoms with E-state index in [-0.39, 0.29) is 44.9 Å². The number of carbonyl (C=O) groups excluding carboxylic acids is 2. The highest BCUT2D eigenvalue weighted by atomic mass is 35.5. The summed E-state index contributed by atoms with van der Waals surface area (Å²) in [4.78, 5) is 40.1. The fourth-order valence-electron chi connectivity index (χ4n) is 4.99. The number of aliphatic carboxylic acids is 1. The molecule has 1 aliphatic rings. The van der Waals surface area contributed by atoms with Crippen LogP contribution in [-0.4, -0.2) is 55.1 Å². The number of benzene rings is 3. The van der Waals surface area contributed by atoms with E-state index in [2.05, 4.69) is 5.32 Å². The first-order valence-electron chi connectivity index (χ1n) is 12.5. The molecule has 41 heavy (non-hydrogen) atoms. The molecule has 1 aromatic heterocycles. The smallest absolute Gasteiger partial charge is 0.326 e. The fourth-order valence-corrected chi connectivity index (χ4v) is 6.71. The number of carbonyl (C=O) groups is 3. The minimum atomic E-state index is -3.63. The van der Waals surface area contributed by atoms with Crippen LogP contribution in [0.4, 0.5) is 0 Å². The lowest BCUT2D eigenvalue weighted by Crippen LogP contribution is -2.43. The van der Waals surface area contributed by atoms with Crippen LogP contribution < -0.4 is 5.32 Å². The summed E-state index contributed by atoms with van der Waals surface area (Å²) in [6.07, 6.45) is 2.66. The number of nitrogens with zero attached hydrogens (tertiary/aromatic N) is 1. The number of fused-ring (bicyclic) bond motifs is 2. The standard InChI is InChI=1S/C29H24Cl2N2O7S/c1-41(38,39)24-5-3-2-4-17(24)13-22(29(36)37)32-27(34)25-21(30)12-19-15-33(10-8-20(19)26(25)31)28(35)18-7-6-16-9-11-40-23(16)14-18/h2-7,9,11-12,14,22H,8,10,13,15H2,1H3,(H,32,34)(H,36,37)/t22-/m0/s1. The number of hydrogen-bond acceptors (Lipinski definition) is 6. The average molecular weight is 615 g/mol. The molecule has 3 aromatic carbocycles. The lowest BCUT2D eigenvalue weighted by atomic mass is 9.95. The van der Waals surface area contributed by atoms with Gasteiger partial charge >= 0.3 is 5.97 Å². The third kappa shape index (κ3) is 5.81. The molecule has 0 spiro atoms. The van der Waals surface area contributed by atoms with Crippen molar-refractivity contribution in [3.8, 4) is 0 Å². The summed E-state index contributed by atoms with van der Waals surface area (Å²) in [6.45, 7) is 0.552. The summed E-state index contributed by atoms with van der Waals surface area (Å²) in [5, 5.41) is 13.2. The van der Waals surface area contributed by atoms with Crippen LogP contribution in [0, 0.1) is 0 Å². The molecule has 2 amide bonds. The molecule has 0 fully saturated rings. The molecule has 4 aromatic rings. The highest BCUT2D eigenvalue weighted by Crippen LogP contribution is 2.35. The lowest BCUT2D eigenvalue weighted by Gasteiger charge is -2.30. The topological polar surface area (TPSA) is 134 Å². The van der Waals surface area contributed by atoms with E-state index in [0.717, 1.165) is 11.6 Å². The summed E-state index contributed by atoms with van der Waals surface area (Å²) < 4.78 is 29.7. The maximum Gasteiger partial charge on any atom is 0.326 e. The zero-order chi connectivity index (χ0) is 29.5. The Hall–Kier alpha value is -3.86. The Balaban J connectivity index is 1.37. The van der Waals surface area contributed by atoms with Crippen molar-refractivity contribution < 1.29 is 32.3 Å². The number of sulfone groups is 1. The molecule has 12 heteroatoms. The van der Waals surface area contributed by atoms with E-state index in [0.29, 0.717) is 35.2 Å². The Morgan fingerprint density at radius 3 is 2.59 bits per heavy atom. The van der Waals surface area contributed by atoms with E-state index >= 15 is 0 Å². The molecular weight excluding hydrogens is 591 g/mol. The van der Waals surface area contributed by atoms with E-state index in [1.807, 2.05) is 12.1 Å². The summed E-state index contributed by atoms with van der Waals surface area (Å²) in [5.41, 5.74) is 2.56. The molecule has 0 aliphatic carbocycles. The van der Waals surface area contributed by atoms with Crippen molar-refractivity contribution in [1.29, 1.82) is 0 Å². The zero-order valence-electron chi connectivity index (χ0n) is 21.7. The predicted molar refractivity (Wildman–Crippen MR) is 153 cm³/mol. The summed E-state index contributed by atoms with van der Waals surface area (Å²) in [6, 6.07) is 13.2. The van der Waals surface area contributed by atoms with Gasteiger partial charge < -0.3 is 19.7 Å². The largest absolute Gasteiger partial charge is 0.480 e. The lowest BCUT2D eigenvalue weighted by molar-refractivity contribution is -0.139. The van der Waals surface area contributed by atoms with Gasteiger partial charge in [-0.05, 0) is 53.4 Å². The van der Waals surface area contributed by atoms with Crippen molar-refractivity contribution in [3.63, 3.8) is 0 Å². The molecule has 0 saturated carbocycles. The molecular formula is C29H24Cl2N2O7S. The van der Waals surface area contributed by atoms with Gasteiger partial charge in [0.2, 0.25) is 0 Å². The number of furan rings is 1. The third-order valence-electron chi connectivity index (χ3n) is 7.02. The molecule has 2 N–H and O–H groups in total. The highest BCUT2D eigenvalue weighted by molar-refractivity contribution is 7.90. The monoisotopic (exact) mass is 614 g/mol. The van der Waals surface area contributed by atoms with Gasteiger partial charge in [-0.25, -0.2) is 13.2 Å². The predicted octanol–water partition coefficient (Wildman–Crippen LogP) is 4.77. The average Bonchev–Trinajstić information content (AvgIpc) is 3.39. The van der Waals surface area contributed by atoms with E-state index in [4.69, 9.17) is 27.6 Å². The van der Waals surface area contributed by atoms with Crippen LogP contribution in [-0.2, 0) is 34.0 Å². The highest BCUT2D eigenvalue weighted by Gasteiger charge is 2.30. The summed E-state index contributed by atoms with van der Waals surface area (Å²) >= 11 is 13.1. The van der Waals surface area contributed by atoms with Gasteiger partial charge in [0.05, 0.1) is 26.8 Å². The van der Waals surface area contributed by atoms with E-state index in [9.17, 15) is 27.9 Å². The van der Waals surface area contributed by atoms with Crippen LogP contribution in [0.25, 0.3) is 11.0 Å². The summed E-state index contributed by atoms with van der Waals surface area (Å²) in [5.74, 6) is -2.35. The Morgan fingerprint density at radius 1 is 1.10 bits per heavy atom. The maximum absolute atomic E-state index is 13.3. The second-order valence-corrected chi connectivity index (χ2v) is 12.6. The first-order chi connectivity index (χ1) is 19.4. The van der Waals surface area contributed by atoms with Gasteiger partial charge in [-0.3, -0.25) is 9.59 Å². The van der Waals surface area contributed by atoms with Gasteiger partial charge in [0, 0.05) is 36.7 Å². The van der Waals surface area contributed by atoms with Crippen molar-refractivity contribution >= 4 is 61.8 Å². The molecule has 5 rings (SSSR count). The first kappa shape index (κ1) is 28.7. The Bertz CT molecular complexity index is 1820. The van der Waals surface area contributed by atoms with E-state index < -0.39 is 27.8 Å². The number of carboxylic acids is 1. The van der Waals surface area contributed by atoms with Gasteiger partial charge in [-0.2, -0.15) is 0 Å². The molecule has 0 bridgehead atoms. The van der Waals surface area contributed by atoms with Crippen LogP contribution in [0.5, 0.6) is 0 Å². The minimum absolute atomic E-state index is 0.00164. The normalized spacial score (nSPS) is 14.0. The number of amides is 2. The van der Waals surface area contributed by atoms with E-state index in [1.54, 1.807) is 35.4 Å². The van der Waals surface area contributed by atoms with Crippen molar-refractivity contribution in [3.05, 3.63) is 98.7 Å². The van der Waals surface area contributed by atoms with E-state index in [1.165, 1.54) is 18.2 Å². The van der Waals surface area contributed by atoms with Crippen molar-refractivity contribution in [1.82, 2.24) is 10.2 Å². The number of hydrogen-bond donors (Lipinski definition) is 2. The molecule has 1 atom stereocenters. The van der Waals surface area contributed by atoms with Crippen LogP contribution in [0.2, 0.25) is 10.0 Å². The first-order valence-corrected chi connectivity index (χ1v) is 15.2. The Kier molecular flexibility index (Phi) is 7.83. The zero-order valence-corrected chi connectivity index (χ0v) is 24.0. The SMILES string of the molecule is CS(=O)(=O)c1ccccc1C[C@H](NC(=O)c1c(Cl)cc2c(c1Cl)CCN(C(=O)c1ccc3ccoc3c1)C2)C(=O)O.